The Morgan fingerprint density at radius 1 is 1.17 bits per heavy atom. The van der Waals surface area contributed by atoms with Crippen LogP contribution in [-0.2, 0) is 15.6 Å². The van der Waals surface area contributed by atoms with E-state index in [2.05, 4.69) is 0 Å². The molecule has 1 saturated heterocycles. The molecule has 6 heteroatoms. The van der Waals surface area contributed by atoms with Crippen LogP contribution in [0.3, 0.4) is 0 Å². The molecular formula is C17H21NO4S. The Hall–Kier alpha value is -1.69. The standard InChI is InChI=1S/C17H21NO4S/c1-23(22)13-8-6-11(7-9-13)16(19)18-14-5-3-2-4-12(14)10-15(18)17(20)21/h6-9,12,14-15H,2-5,10H2,1H3,(H,20,21)/t12-,14-,15-,23-/m0/s1. The Morgan fingerprint density at radius 2 is 1.83 bits per heavy atom. The first-order valence-corrected chi connectivity index (χ1v) is 9.54. The number of hydrogen-bond donors (Lipinski definition) is 1. The predicted octanol–water partition coefficient (Wildman–Crippen LogP) is 2.28. The summed E-state index contributed by atoms with van der Waals surface area (Å²) in [5.41, 5.74) is 0.469. The second-order valence-corrected chi connectivity index (χ2v) is 7.77. The van der Waals surface area contributed by atoms with Crippen LogP contribution in [0, 0.1) is 5.92 Å². The third-order valence-corrected chi connectivity index (χ3v) is 5.98. The van der Waals surface area contributed by atoms with Crippen molar-refractivity contribution < 1.29 is 18.9 Å². The Balaban J connectivity index is 1.88. The number of aliphatic carboxylic acids is 1. The number of carbonyl (C=O) groups is 2. The highest BCUT2D eigenvalue weighted by atomic mass is 32.2. The van der Waals surface area contributed by atoms with E-state index in [0.717, 1.165) is 25.7 Å². The Labute approximate surface area is 138 Å². The average Bonchev–Trinajstić information content (AvgIpc) is 2.94. The van der Waals surface area contributed by atoms with Gasteiger partial charge in [0.05, 0.1) is 0 Å². The normalized spacial score (nSPS) is 28.2. The first kappa shape index (κ1) is 16.2. The number of rotatable bonds is 3. The molecule has 2 fully saturated rings. The van der Waals surface area contributed by atoms with Crippen LogP contribution in [0.5, 0.6) is 0 Å². The van der Waals surface area contributed by atoms with E-state index in [9.17, 15) is 18.9 Å². The molecule has 4 atom stereocenters. The Bertz CT molecular complexity index is 642. The summed E-state index contributed by atoms with van der Waals surface area (Å²) in [5, 5.41) is 9.51. The van der Waals surface area contributed by atoms with Crippen molar-refractivity contribution in [2.24, 2.45) is 5.92 Å². The molecule has 0 radical (unpaired) electrons. The monoisotopic (exact) mass is 335 g/mol. The zero-order chi connectivity index (χ0) is 16.6. The summed E-state index contributed by atoms with van der Waals surface area (Å²) in [5.74, 6) is -0.838. The molecule has 0 spiro atoms. The SMILES string of the molecule is C[S@](=O)c1ccc(C(=O)N2[C@H](C(=O)O)C[C@@H]3CCCC[C@@H]32)cc1. The van der Waals surface area contributed by atoms with Crippen LogP contribution in [0.15, 0.2) is 29.2 Å². The van der Waals surface area contributed by atoms with Gasteiger partial charge < -0.3 is 10.0 Å². The van der Waals surface area contributed by atoms with E-state index >= 15 is 0 Å². The number of carbonyl (C=O) groups excluding carboxylic acids is 1. The molecule has 1 saturated carbocycles. The third-order valence-electron chi connectivity index (χ3n) is 5.04. The van der Waals surface area contributed by atoms with Crippen molar-refractivity contribution in [1.29, 1.82) is 0 Å². The summed E-state index contributed by atoms with van der Waals surface area (Å²) in [6.45, 7) is 0. The van der Waals surface area contributed by atoms with Crippen LogP contribution in [0.2, 0.25) is 0 Å². The molecule has 1 heterocycles. The van der Waals surface area contributed by atoms with Crippen molar-refractivity contribution >= 4 is 22.7 Å². The highest BCUT2D eigenvalue weighted by Gasteiger charge is 2.47. The number of hydrogen-bond acceptors (Lipinski definition) is 3. The van der Waals surface area contributed by atoms with Gasteiger partial charge in [-0.25, -0.2) is 4.79 Å². The lowest BCUT2D eigenvalue weighted by atomic mass is 9.84. The predicted molar refractivity (Wildman–Crippen MR) is 86.7 cm³/mol. The van der Waals surface area contributed by atoms with Crippen LogP contribution in [0.1, 0.15) is 42.5 Å². The molecule has 1 aromatic carbocycles. The number of carboxylic acid groups (broad SMARTS) is 1. The minimum Gasteiger partial charge on any atom is -0.480 e. The Kier molecular flexibility index (Phi) is 4.53. The van der Waals surface area contributed by atoms with Crippen molar-refractivity contribution in [3.8, 4) is 0 Å². The van der Waals surface area contributed by atoms with Crippen LogP contribution >= 0.6 is 0 Å². The number of nitrogens with zero attached hydrogens (tertiary/aromatic N) is 1. The number of amides is 1. The molecule has 1 amide bonds. The molecule has 1 aliphatic heterocycles. The first-order chi connectivity index (χ1) is 11.0. The van der Waals surface area contributed by atoms with Crippen molar-refractivity contribution in [3.63, 3.8) is 0 Å². The van der Waals surface area contributed by atoms with Gasteiger partial charge in [0.25, 0.3) is 5.91 Å². The highest BCUT2D eigenvalue weighted by molar-refractivity contribution is 7.84. The fourth-order valence-electron chi connectivity index (χ4n) is 3.91. The topological polar surface area (TPSA) is 74.7 Å². The molecule has 0 aromatic heterocycles. The minimum atomic E-state index is -1.09. The fourth-order valence-corrected chi connectivity index (χ4v) is 4.43. The van der Waals surface area contributed by atoms with Gasteiger partial charge in [-0.2, -0.15) is 0 Å². The van der Waals surface area contributed by atoms with E-state index in [-0.39, 0.29) is 11.9 Å². The zero-order valence-corrected chi connectivity index (χ0v) is 13.9. The van der Waals surface area contributed by atoms with E-state index in [1.54, 1.807) is 35.4 Å². The van der Waals surface area contributed by atoms with E-state index in [4.69, 9.17) is 0 Å². The van der Waals surface area contributed by atoms with Crippen LogP contribution in [-0.4, -0.2) is 44.4 Å². The quantitative estimate of drug-likeness (QED) is 0.919. The van der Waals surface area contributed by atoms with Gasteiger partial charge in [0.2, 0.25) is 0 Å². The lowest BCUT2D eigenvalue weighted by Gasteiger charge is -2.33. The van der Waals surface area contributed by atoms with Gasteiger partial charge in [-0.05, 0) is 49.4 Å². The molecule has 23 heavy (non-hydrogen) atoms. The summed E-state index contributed by atoms with van der Waals surface area (Å²) in [7, 11) is -1.09. The molecule has 124 valence electrons. The molecule has 1 aromatic rings. The Morgan fingerprint density at radius 3 is 2.43 bits per heavy atom. The van der Waals surface area contributed by atoms with Gasteiger partial charge in [-0.15, -0.1) is 0 Å². The van der Waals surface area contributed by atoms with Gasteiger partial charge in [0, 0.05) is 33.6 Å². The molecule has 3 rings (SSSR count). The number of fused-ring (bicyclic) bond motifs is 1. The minimum absolute atomic E-state index is 0.0392. The summed E-state index contributed by atoms with van der Waals surface area (Å²) >= 11 is 0. The van der Waals surface area contributed by atoms with Gasteiger partial charge >= 0.3 is 5.97 Å². The van der Waals surface area contributed by atoms with Crippen molar-refractivity contribution in [1.82, 2.24) is 4.90 Å². The molecule has 0 bridgehead atoms. The fraction of sp³-hybridized carbons (Fsp3) is 0.529. The van der Waals surface area contributed by atoms with Gasteiger partial charge in [-0.3, -0.25) is 9.00 Å². The molecule has 1 aliphatic carbocycles. The summed E-state index contributed by atoms with van der Waals surface area (Å²) in [6, 6.07) is 5.96. The van der Waals surface area contributed by atoms with Crippen LogP contribution in [0.4, 0.5) is 0 Å². The third kappa shape index (κ3) is 3.04. The van der Waals surface area contributed by atoms with Gasteiger partial charge in [-0.1, -0.05) is 12.8 Å². The van der Waals surface area contributed by atoms with Gasteiger partial charge in [0.15, 0.2) is 0 Å². The number of carboxylic acids is 1. The largest absolute Gasteiger partial charge is 0.480 e. The molecule has 1 N–H and O–H groups in total. The first-order valence-electron chi connectivity index (χ1n) is 7.98. The zero-order valence-electron chi connectivity index (χ0n) is 13.1. The maximum atomic E-state index is 12.9. The van der Waals surface area contributed by atoms with E-state index in [0.29, 0.717) is 22.8 Å². The molecule has 2 aliphatic rings. The lowest BCUT2D eigenvalue weighted by molar-refractivity contribution is -0.141. The van der Waals surface area contributed by atoms with E-state index in [1.165, 1.54) is 0 Å². The van der Waals surface area contributed by atoms with Crippen LogP contribution in [0.25, 0.3) is 0 Å². The second kappa shape index (κ2) is 6.43. The smallest absolute Gasteiger partial charge is 0.326 e. The van der Waals surface area contributed by atoms with Crippen LogP contribution < -0.4 is 0 Å². The summed E-state index contributed by atoms with van der Waals surface area (Å²) in [6.07, 6.45) is 6.20. The van der Waals surface area contributed by atoms with Crippen molar-refractivity contribution in [2.75, 3.05) is 6.26 Å². The van der Waals surface area contributed by atoms with E-state index < -0.39 is 22.8 Å². The number of likely N-dealkylation sites (tertiary alicyclic amines) is 1. The summed E-state index contributed by atoms with van der Waals surface area (Å²) < 4.78 is 11.4. The second-order valence-electron chi connectivity index (χ2n) is 6.39. The summed E-state index contributed by atoms with van der Waals surface area (Å²) in [4.78, 5) is 26.7. The number of benzene rings is 1. The van der Waals surface area contributed by atoms with Crippen molar-refractivity contribution in [2.45, 2.75) is 49.1 Å². The van der Waals surface area contributed by atoms with Gasteiger partial charge in [0.1, 0.15) is 6.04 Å². The molecule has 0 unspecified atom stereocenters. The highest BCUT2D eigenvalue weighted by Crippen LogP contribution is 2.40. The van der Waals surface area contributed by atoms with Crippen molar-refractivity contribution in [3.05, 3.63) is 29.8 Å². The van der Waals surface area contributed by atoms with E-state index in [1.807, 2.05) is 0 Å². The maximum Gasteiger partial charge on any atom is 0.326 e. The molecule has 5 nitrogen and oxygen atoms in total. The average molecular weight is 335 g/mol. The lowest BCUT2D eigenvalue weighted by Crippen LogP contribution is -2.46. The maximum absolute atomic E-state index is 12.9. The molecular weight excluding hydrogens is 314 g/mol.